The number of hydrogen-bond donors (Lipinski definition) is 1. The summed E-state index contributed by atoms with van der Waals surface area (Å²) in [7, 11) is -3.64. The van der Waals surface area contributed by atoms with Gasteiger partial charge in [-0.15, -0.1) is 0 Å². The normalized spacial score (nSPS) is 16.5. The number of hydrogen-bond acceptors (Lipinski definition) is 3. The molecular formula is C21H26N2O2S. The molecule has 3 rings (SSSR count). The van der Waals surface area contributed by atoms with Crippen molar-refractivity contribution >= 4 is 15.7 Å². The first-order valence-corrected chi connectivity index (χ1v) is 10.7. The lowest BCUT2D eigenvalue weighted by Gasteiger charge is -2.22. The van der Waals surface area contributed by atoms with E-state index in [1.54, 1.807) is 24.3 Å². The summed E-state index contributed by atoms with van der Waals surface area (Å²) in [5.41, 5.74) is 3.97. The van der Waals surface area contributed by atoms with Gasteiger partial charge in [0.25, 0.3) is 10.0 Å². The van der Waals surface area contributed by atoms with Crippen molar-refractivity contribution in [2.45, 2.75) is 56.8 Å². The number of rotatable bonds is 5. The molecule has 1 aliphatic carbocycles. The van der Waals surface area contributed by atoms with E-state index >= 15 is 0 Å². The van der Waals surface area contributed by atoms with Crippen molar-refractivity contribution in [1.82, 2.24) is 4.83 Å². The van der Waals surface area contributed by atoms with Crippen LogP contribution in [0.25, 0.3) is 0 Å². The van der Waals surface area contributed by atoms with Gasteiger partial charge in [0.15, 0.2) is 0 Å². The maximum absolute atomic E-state index is 12.3. The van der Waals surface area contributed by atoms with E-state index in [4.69, 9.17) is 0 Å². The van der Waals surface area contributed by atoms with Crippen LogP contribution >= 0.6 is 0 Å². The number of sulfonamides is 1. The molecule has 1 aliphatic rings. The largest absolute Gasteiger partial charge is 0.276 e. The number of benzene rings is 2. The average Bonchev–Trinajstić information content (AvgIpc) is 2.67. The molecule has 5 heteroatoms. The predicted octanol–water partition coefficient (Wildman–Crippen LogP) is 4.75. The van der Waals surface area contributed by atoms with E-state index in [1.165, 1.54) is 37.7 Å². The molecule has 138 valence electrons. The zero-order chi connectivity index (χ0) is 18.6. The van der Waals surface area contributed by atoms with Gasteiger partial charge in [0.05, 0.1) is 10.6 Å². The lowest BCUT2D eigenvalue weighted by molar-refractivity contribution is 0.443. The van der Waals surface area contributed by atoms with Gasteiger partial charge >= 0.3 is 0 Å². The monoisotopic (exact) mass is 370 g/mol. The Morgan fingerprint density at radius 1 is 0.962 bits per heavy atom. The molecule has 0 amide bonds. The fraction of sp³-hybridized carbons (Fsp3) is 0.381. The van der Waals surface area contributed by atoms with Gasteiger partial charge in [0, 0.05) is 0 Å². The van der Waals surface area contributed by atoms with Crippen LogP contribution < -0.4 is 4.83 Å². The minimum Gasteiger partial charge on any atom is -0.200 e. The second-order valence-corrected chi connectivity index (χ2v) is 8.72. The van der Waals surface area contributed by atoms with Crippen molar-refractivity contribution in [3.63, 3.8) is 0 Å². The van der Waals surface area contributed by atoms with Gasteiger partial charge in [0.1, 0.15) is 0 Å². The SMILES string of the molecule is C/C(=N/NS(=O)(=O)c1ccc(C)cc1)c1ccc(C2CCCCC2)cc1. The molecule has 0 unspecified atom stereocenters. The third-order valence-electron chi connectivity index (χ3n) is 5.07. The van der Waals surface area contributed by atoms with Crippen molar-refractivity contribution in [2.24, 2.45) is 5.10 Å². The van der Waals surface area contributed by atoms with E-state index in [2.05, 4.69) is 22.1 Å². The van der Waals surface area contributed by atoms with Crippen LogP contribution in [0.5, 0.6) is 0 Å². The summed E-state index contributed by atoms with van der Waals surface area (Å²) >= 11 is 0. The molecule has 1 saturated carbocycles. The minimum atomic E-state index is -3.64. The molecule has 4 nitrogen and oxygen atoms in total. The van der Waals surface area contributed by atoms with Crippen LogP contribution in [0.15, 0.2) is 58.5 Å². The third kappa shape index (κ3) is 4.52. The fourth-order valence-electron chi connectivity index (χ4n) is 3.40. The third-order valence-corrected chi connectivity index (χ3v) is 6.29. The number of nitrogens with one attached hydrogen (secondary N) is 1. The quantitative estimate of drug-likeness (QED) is 0.610. The van der Waals surface area contributed by atoms with Crippen LogP contribution in [0.4, 0.5) is 0 Å². The second kappa shape index (κ2) is 8.04. The van der Waals surface area contributed by atoms with E-state index in [0.717, 1.165) is 11.1 Å². The van der Waals surface area contributed by atoms with Gasteiger partial charge < -0.3 is 0 Å². The summed E-state index contributed by atoms with van der Waals surface area (Å²) in [6.07, 6.45) is 6.51. The first kappa shape index (κ1) is 18.6. The van der Waals surface area contributed by atoms with Crippen molar-refractivity contribution in [3.8, 4) is 0 Å². The summed E-state index contributed by atoms with van der Waals surface area (Å²) in [5, 5.41) is 4.09. The van der Waals surface area contributed by atoms with Crippen molar-refractivity contribution in [1.29, 1.82) is 0 Å². The summed E-state index contributed by atoms with van der Waals surface area (Å²) in [4.78, 5) is 2.55. The van der Waals surface area contributed by atoms with Crippen LogP contribution in [0.1, 0.15) is 61.6 Å². The Morgan fingerprint density at radius 3 is 2.19 bits per heavy atom. The zero-order valence-corrected chi connectivity index (χ0v) is 16.2. The number of nitrogens with zero attached hydrogens (tertiary/aromatic N) is 1. The molecule has 2 aromatic rings. The zero-order valence-electron chi connectivity index (χ0n) is 15.4. The molecule has 0 radical (unpaired) electrons. The lowest BCUT2D eigenvalue weighted by atomic mass is 9.84. The van der Waals surface area contributed by atoms with Crippen LogP contribution in [0.3, 0.4) is 0 Å². The first-order valence-electron chi connectivity index (χ1n) is 9.19. The molecule has 26 heavy (non-hydrogen) atoms. The van der Waals surface area contributed by atoms with Gasteiger partial charge in [-0.3, -0.25) is 0 Å². The van der Waals surface area contributed by atoms with E-state index in [1.807, 2.05) is 26.0 Å². The molecule has 2 aromatic carbocycles. The minimum absolute atomic E-state index is 0.215. The van der Waals surface area contributed by atoms with Crippen LogP contribution in [-0.4, -0.2) is 14.1 Å². The van der Waals surface area contributed by atoms with Crippen molar-refractivity contribution in [2.75, 3.05) is 0 Å². The number of hydrazone groups is 1. The predicted molar refractivity (Wildman–Crippen MR) is 106 cm³/mol. The highest BCUT2D eigenvalue weighted by Crippen LogP contribution is 2.32. The Kier molecular flexibility index (Phi) is 5.77. The molecule has 0 aromatic heterocycles. The molecule has 0 heterocycles. The Morgan fingerprint density at radius 2 is 1.58 bits per heavy atom. The summed E-state index contributed by atoms with van der Waals surface area (Å²) in [5.74, 6) is 0.662. The fourth-order valence-corrected chi connectivity index (χ4v) is 4.25. The van der Waals surface area contributed by atoms with Crippen LogP contribution in [0, 0.1) is 6.92 Å². The van der Waals surface area contributed by atoms with Crippen LogP contribution in [-0.2, 0) is 10.0 Å². The molecule has 0 aliphatic heterocycles. The topological polar surface area (TPSA) is 58.5 Å². The summed E-state index contributed by atoms with van der Waals surface area (Å²) in [6.45, 7) is 3.73. The van der Waals surface area contributed by atoms with Gasteiger partial charge in [-0.05, 0) is 55.9 Å². The maximum atomic E-state index is 12.3. The smallest absolute Gasteiger partial charge is 0.200 e. The standard InChI is InChI=1S/C21H26N2O2S/c1-16-8-14-21(15-9-16)26(24,25)23-22-17(2)18-10-12-20(13-11-18)19-6-4-3-5-7-19/h8-15,19,23H,3-7H2,1-2H3/b22-17-. The number of aryl methyl sites for hydroxylation is 1. The van der Waals surface area contributed by atoms with Gasteiger partial charge in [-0.1, -0.05) is 61.2 Å². The van der Waals surface area contributed by atoms with Gasteiger partial charge in [-0.2, -0.15) is 18.4 Å². The molecule has 0 saturated heterocycles. The molecule has 1 fully saturated rings. The average molecular weight is 371 g/mol. The van der Waals surface area contributed by atoms with Crippen LogP contribution in [0.2, 0.25) is 0 Å². The van der Waals surface area contributed by atoms with E-state index < -0.39 is 10.0 Å². The van der Waals surface area contributed by atoms with Crippen molar-refractivity contribution < 1.29 is 8.42 Å². The van der Waals surface area contributed by atoms with E-state index in [9.17, 15) is 8.42 Å². The van der Waals surface area contributed by atoms with E-state index in [-0.39, 0.29) is 4.90 Å². The summed E-state index contributed by atoms with van der Waals surface area (Å²) in [6, 6.07) is 15.1. The summed E-state index contributed by atoms with van der Waals surface area (Å²) < 4.78 is 24.6. The molecule has 0 bridgehead atoms. The Labute approximate surface area is 156 Å². The van der Waals surface area contributed by atoms with E-state index in [0.29, 0.717) is 11.6 Å². The Hall–Kier alpha value is -2.14. The highest BCUT2D eigenvalue weighted by Gasteiger charge is 2.16. The Balaban J connectivity index is 1.70. The maximum Gasteiger partial charge on any atom is 0.276 e. The first-order chi connectivity index (χ1) is 12.5. The molecular weight excluding hydrogens is 344 g/mol. The molecule has 0 atom stereocenters. The second-order valence-electron chi connectivity index (χ2n) is 7.06. The van der Waals surface area contributed by atoms with Gasteiger partial charge in [-0.25, -0.2) is 0 Å². The molecule has 0 spiro atoms. The highest BCUT2D eigenvalue weighted by atomic mass is 32.2. The highest BCUT2D eigenvalue weighted by molar-refractivity contribution is 7.89. The van der Waals surface area contributed by atoms with Crippen molar-refractivity contribution in [3.05, 3.63) is 65.2 Å². The van der Waals surface area contributed by atoms with Gasteiger partial charge in [0.2, 0.25) is 0 Å². The molecule has 1 N–H and O–H groups in total. The Bertz CT molecular complexity index is 863. The lowest BCUT2D eigenvalue weighted by Crippen LogP contribution is -2.20.